The highest BCUT2D eigenvalue weighted by Crippen LogP contribution is 2.52. The number of benzene rings is 1. The molecule has 0 aromatic heterocycles. The molecule has 2 atom stereocenters. The van der Waals surface area contributed by atoms with Crippen LogP contribution >= 0.6 is 0 Å². The zero-order chi connectivity index (χ0) is 13.3. The first kappa shape index (κ1) is 13.0. The molecule has 1 aliphatic carbocycles. The second kappa shape index (κ2) is 4.69. The van der Waals surface area contributed by atoms with Crippen LogP contribution in [0.15, 0.2) is 24.3 Å². The summed E-state index contributed by atoms with van der Waals surface area (Å²) < 4.78 is 0. The molecule has 1 aliphatic rings. The van der Waals surface area contributed by atoms with Gasteiger partial charge in [-0.15, -0.1) is 0 Å². The highest BCUT2D eigenvalue weighted by atomic mass is 16.6. The standard InChI is InChI=1S/C14H20N2O2/c1-4-15-13-9-12(14(13,2)3)10-5-7-11(8-6-10)16(17)18/h5-8,12-13,15H,4,9H2,1-3H3. The number of nitro groups is 1. The molecule has 0 amide bonds. The number of hydrogen-bond acceptors (Lipinski definition) is 3. The molecule has 1 aromatic rings. The molecule has 0 bridgehead atoms. The van der Waals surface area contributed by atoms with Gasteiger partial charge in [-0.25, -0.2) is 0 Å². The van der Waals surface area contributed by atoms with Gasteiger partial charge in [0.2, 0.25) is 0 Å². The van der Waals surface area contributed by atoms with Crippen molar-refractivity contribution in [3.63, 3.8) is 0 Å². The number of nitrogens with one attached hydrogen (secondary N) is 1. The Balaban J connectivity index is 2.12. The zero-order valence-electron chi connectivity index (χ0n) is 11.1. The van der Waals surface area contributed by atoms with Crippen molar-refractivity contribution in [2.75, 3.05) is 6.54 Å². The molecule has 18 heavy (non-hydrogen) atoms. The fraction of sp³-hybridized carbons (Fsp3) is 0.571. The topological polar surface area (TPSA) is 55.2 Å². The number of nitrogens with zero attached hydrogens (tertiary/aromatic N) is 1. The summed E-state index contributed by atoms with van der Waals surface area (Å²) in [6, 6.07) is 7.54. The molecule has 0 radical (unpaired) electrons. The van der Waals surface area contributed by atoms with E-state index in [0.717, 1.165) is 13.0 Å². The fourth-order valence-corrected chi connectivity index (χ4v) is 2.91. The van der Waals surface area contributed by atoms with Crippen molar-refractivity contribution in [2.24, 2.45) is 5.41 Å². The lowest BCUT2D eigenvalue weighted by atomic mass is 9.56. The average Bonchev–Trinajstić information content (AvgIpc) is 2.34. The Morgan fingerprint density at radius 2 is 2.00 bits per heavy atom. The normalized spacial score (nSPS) is 25.5. The number of hydrogen-bond donors (Lipinski definition) is 1. The van der Waals surface area contributed by atoms with Crippen LogP contribution in [-0.2, 0) is 0 Å². The van der Waals surface area contributed by atoms with Crippen molar-refractivity contribution in [3.8, 4) is 0 Å². The summed E-state index contributed by atoms with van der Waals surface area (Å²) in [6.07, 6.45) is 1.11. The fourth-order valence-electron chi connectivity index (χ4n) is 2.91. The first-order chi connectivity index (χ1) is 8.46. The van der Waals surface area contributed by atoms with Crippen LogP contribution in [0.2, 0.25) is 0 Å². The van der Waals surface area contributed by atoms with Gasteiger partial charge in [0.25, 0.3) is 5.69 Å². The second-order valence-electron chi connectivity index (χ2n) is 5.57. The van der Waals surface area contributed by atoms with E-state index in [1.54, 1.807) is 12.1 Å². The van der Waals surface area contributed by atoms with Crippen molar-refractivity contribution in [1.82, 2.24) is 5.32 Å². The first-order valence-electron chi connectivity index (χ1n) is 6.44. The van der Waals surface area contributed by atoms with E-state index >= 15 is 0 Å². The molecule has 1 fully saturated rings. The minimum Gasteiger partial charge on any atom is -0.314 e. The monoisotopic (exact) mass is 248 g/mol. The molecule has 4 nitrogen and oxygen atoms in total. The molecule has 0 saturated heterocycles. The van der Waals surface area contributed by atoms with Crippen LogP contribution in [0, 0.1) is 15.5 Å². The van der Waals surface area contributed by atoms with Gasteiger partial charge < -0.3 is 5.32 Å². The van der Waals surface area contributed by atoms with Crippen LogP contribution in [0.3, 0.4) is 0 Å². The van der Waals surface area contributed by atoms with Gasteiger partial charge in [0, 0.05) is 18.2 Å². The minimum absolute atomic E-state index is 0.166. The number of rotatable bonds is 4. The lowest BCUT2D eigenvalue weighted by Gasteiger charge is -2.53. The van der Waals surface area contributed by atoms with Gasteiger partial charge in [-0.05, 0) is 29.9 Å². The Labute approximate surface area is 108 Å². The molecular weight excluding hydrogens is 228 g/mol. The molecule has 1 saturated carbocycles. The van der Waals surface area contributed by atoms with Crippen molar-refractivity contribution >= 4 is 5.69 Å². The van der Waals surface area contributed by atoms with Crippen LogP contribution in [0.5, 0.6) is 0 Å². The van der Waals surface area contributed by atoms with E-state index in [1.165, 1.54) is 5.56 Å². The molecule has 0 spiro atoms. The molecule has 4 heteroatoms. The van der Waals surface area contributed by atoms with Crippen LogP contribution in [0.1, 0.15) is 38.7 Å². The van der Waals surface area contributed by atoms with Crippen LogP contribution in [0.4, 0.5) is 5.69 Å². The first-order valence-corrected chi connectivity index (χ1v) is 6.44. The summed E-state index contributed by atoms with van der Waals surface area (Å²) in [5, 5.41) is 14.1. The van der Waals surface area contributed by atoms with E-state index in [-0.39, 0.29) is 16.0 Å². The van der Waals surface area contributed by atoms with Crippen molar-refractivity contribution in [1.29, 1.82) is 0 Å². The largest absolute Gasteiger partial charge is 0.314 e. The zero-order valence-corrected chi connectivity index (χ0v) is 11.1. The average molecular weight is 248 g/mol. The summed E-state index contributed by atoms with van der Waals surface area (Å²) in [5.74, 6) is 0.488. The smallest absolute Gasteiger partial charge is 0.269 e. The van der Waals surface area contributed by atoms with Crippen molar-refractivity contribution < 1.29 is 4.92 Å². The molecule has 0 aliphatic heterocycles. The van der Waals surface area contributed by atoms with Crippen molar-refractivity contribution in [2.45, 2.75) is 39.2 Å². The quantitative estimate of drug-likeness (QED) is 0.658. The SMILES string of the molecule is CCNC1CC(c2ccc([N+](=O)[O-])cc2)C1(C)C. The summed E-state index contributed by atoms with van der Waals surface area (Å²) in [6.45, 7) is 7.63. The van der Waals surface area contributed by atoms with Gasteiger partial charge in [0.1, 0.15) is 0 Å². The molecule has 98 valence electrons. The van der Waals surface area contributed by atoms with Crippen molar-refractivity contribution in [3.05, 3.63) is 39.9 Å². The maximum absolute atomic E-state index is 10.6. The van der Waals surface area contributed by atoms with Gasteiger partial charge in [-0.3, -0.25) is 10.1 Å². The lowest BCUT2D eigenvalue weighted by molar-refractivity contribution is -0.384. The lowest BCUT2D eigenvalue weighted by Crippen LogP contribution is -2.55. The minimum atomic E-state index is -0.350. The molecule has 2 rings (SSSR count). The second-order valence-corrected chi connectivity index (χ2v) is 5.57. The third-order valence-electron chi connectivity index (χ3n) is 4.22. The number of non-ortho nitro benzene ring substituents is 1. The van der Waals surface area contributed by atoms with E-state index in [1.807, 2.05) is 12.1 Å². The Hall–Kier alpha value is -1.42. The van der Waals surface area contributed by atoms with Gasteiger partial charge >= 0.3 is 0 Å². The van der Waals surface area contributed by atoms with E-state index in [9.17, 15) is 10.1 Å². The van der Waals surface area contributed by atoms with Gasteiger partial charge in [-0.2, -0.15) is 0 Å². The Bertz CT molecular complexity index is 440. The molecular formula is C14H20N2O2. The predicted octanol–water partition coefficient (Wildman–Crippen LogP) is 3.09. The summed E-state index contributed by atoms with van der Waals surface area (Å²) in [4.78, 5) is 10.3. The maximum Gasteiger partial charge on any atom is 0.269 e. The Kier molecular flexibility index (Phi) is 3.39. The number of nitro benzene ring substituents is 1. The van der Waals surface area contributed by atoms with Crippen LogP contribution in [0.25, 0.3) is 0 Å². The molecule has 0 heterocycles. The van der Waals surface area contributed by atoms with E-state index < -0.39 is 0 Å². The van der Waals surface area contributed by atoms with Crippen LogP contribution in [-0.4, -0.2) is 17.5 Å². The van der Waals surface area contributed by atoms with Crippen LogP contribution < -0.4 is 5.32 Å². The highest BCUT2D eigenvalue weighted by molar-refractivity contribution is 5.36. The van der Waals surface area contributed by atoms with Gasteiger partial charge in [0.15, 0.2) is 0 Å². The molecule has 2 unspecified atom stereocenters. The summed E-state index contributed by atoms with van der Waals surface area (Å²) >= 11 is 0. The molecule has 1 N–H and O–H groups in total. The van der Waals surface area contributed by atoms with Gasteiger partial charge in [-0.1, -0.05) is 32.9 Å². The van der Waals surface area contributed by atoms with Gasteiger partial charge in [0.05, 0.1) is 4.92 Å². The Morgan fingerprint density at radius 1 is 1.39 bits per heavy atom. The summed E-state index contributed by atoms with van der Waals surface area (Å²) in [7, 11) is 0. The Morgan fingerprint density at radius 3 is 2.44 bits per heavy atom. The van der Waals surface area contributed by atoms with E-state index in [2.05, 4.69) is 26.1 Å². The molecule has 1 aromatic carbocycles. The van der Waals surface area contributed by atoms with E-state index in [0.29, 0.717) is 12.0 Å². The highest BCUT2D eigenvalue weighted by Gasteiger charge is 2.48. The third kappa shape index (κ3) is 2.12. The maximum atomic E-state index is 10.6. The van der Waals surface area contributed by atoms with E-state index in [4.69, 9.17) is 0 Å². The predicted molar refractivity (Wildman–Crippen MR) is 71.7 cm³/mol. The summed E-state index contributed by atoms with van der Waals surface area (Å²) in [5.41, 5.74) is 1.59. The third-order valence-corrected chi connectivity index (χ3v) is 4.22.